The van der Waals surface area contributed by atoms with Crippen molar-refractivity contribution < 1.29 is 14.6 Å². The van der Waals surface area contributed by atoms with Crippen molar-refractivity contribution >= 4 is 5.97 Å². The number of carboxylic acids is 1. The molecule has 0 heterocycles. The fourth-order valence-corrected chi connectivity index (χ4v) is 0.988. The number of hydrogen-bond acceptors (Lipinski definition) is 3. The summed E-state index contributed by atoms with van der Waals surface area (Å²) in [6.07, 6.45) is 1.89. The van der Waals surface area contributed by atoms with Crippen LogP contribution in [-0.4, -0.2) is 36.9 Å². The number of rotatable bonds is 8. The third kappa shape index (κ3) is 8.01. The van der Waals surface area contributed by atoms with Gasteiger partial charge in [-0.25, -0.2) is 0 Å². The number of carboxylic acid groups (broad SMARTS) is 1. The SMILES string of the molecule is COC(C)(C)CNCCCCC(=O)O. The van der Waals surface area contributed by atoms with Crippen molar-refractivity contribution in [3.63, 3.8) is 0 Å². The van der Waals surface area contributed by atoms with Gasteiger partial charge in [0.25, 0.3) is 0 Å². The molecule has 0 aliphatic heterocycles. The van der Waals surface area contributed by atoms with Crippen molar-refractivity contribution in [2.24, 2.45) is 0 Å². The molecule has 0 aromatic heterocycles. The molecule has 4 nitrogen and oxygen atoms in total. The average Bonchev–Trinajstić information content (AvgIpc) is 2.10. The molecule has 0 fully saturated rings. The van der Waals surface area contributed by atoms with Gasteiger partial charge in [0.2, 0.25) is 0 Å². The Morgan fingerprint density at radius 1 is 1.43 bits per heavy atom. The van der Waals surface area contributed by atoms with Crippen molar-refractivity contribution in [2.45, 2.75) is 38.7 Å². The van der Waals surface area contributed by atoms with Crippen molar-refractivity contribution in [1.82, 2.24) is 5.32 Å². The number of aliphatic carboxylic acids is 1. The van der Waals surface area contributed by atoms with Gasteiger partial charge in [-0.3, -0.25) is 4.79 Å². The minimum Gasteiger partial charge on any atom is -0.481 e. The molecular weight excluding hydrogens is 182 g/mol. The third-order valence-corrected chi connectivity index (χ3v) is 2.10. The van der Waals surface area contributed by atoms with Crippen LogP contribution in [0.4, 0.5) is 0 Å². The molecule has 0 atom stereocenters. The van der Waals surface area contributed by atoms with E-state index in [9.17, 15) is 4.79 Å². The van der Waals surface area contributed by atoms with E-state index in [1.807, 2.05) is 13.8 Å². The molecule has 0 amide bonds. The zero-order valence-corrected chi connectivity index (χ0v) is 9.30. The van der Waals surface area contributed by atoms with E-state index in [1.54, 1.807) is 7.11 Å². The summed E-state index contributed by atoms with van der Waals surface area (Å²) in [7, 11) is 1.69. The van der Waals surface area contributed by atoms with Gasteiger partial charge in [0, 0.05) is 20.1 Å². The lowest BCUT2D eigenvalue weighted by Gasteiger charge is -2.23. The van der Waals surface area contributed by atoms with Crippen LogP contribution in [0.25, 0.3) is 0 Å². The highest BCUT2D eigenvalue weighted by atomic mass is 16.5. The Balaban J connectivity index is 3.25. The van der Waals surface area contributed by atoms with Gasteiger partial charge in [0.05, 0.1) is 5.60 Å². The Labute approximate surface area is 85.6 Å². The molecule has 0 aromatic carbocycles. The number of ether oxygens (including phenoxy) is 1. The number of nitrogens with one attached hydrogen (secondary N) is 1. The Bertz CT molecular complexity index is 169. The zero-order chi connectivity index (χ0) is 11.0. The first-order valence-corrected chi connectivity index (χ1v) is 4.95. The summed E-state index contributed by atoms with van der Waals surface area (Å²) >= 11 is 0. The second-order valence-electron chi connectivity index (χ2n) is 3.99. The third-order valence-electron chi connectivity index (χ3n) is 2.10. The average molecular weight is 203 g/mol. The summed E-state index contributed by atoms with van der Waals surface area (Å²) in [5, 5.41) is 11.6. The second-order valence-corrected chi connectivity index (χ2v) is 3.99. The standard InChI is InChI=1S/C10H21NO3/c1-10(2,14-3)8-11-7-5-4-6-9(12)13/h11H,4-8H2,1-3H3,(H,12,13). The normalized spacial score (nSPS) is 11.6. The van der Waals surface area contributed by atoms with Gasteiger partial charge in [-0.05, 0) is 33.2 Å². The molecule has 4 heteroatoms. The first-order valence-electron chi connectivity index (χ1n) is 4.95. The Morgan fingerprint density at radius 3 is 2.57 bits per heavy atom. The number of hydrogen-bond donors (Lipinski definition) is 2. The van der Waals surface area contributed by atoms with Gasteiger partial charge in [-0.2, -0.15) is 0 Å². The van der Waals surface area contributed by atoms with Crippen molar-refractivity contribution in [1.29, 1.82) is 0 Å². The van der Waals surface area contributed by atoms with E-state index in [1.165, 1.54) is 0 Å². The van der Waals surface area contributed by atoms with Gasteiger partial charge in [-0.15, -0.1) is 0 Å². The lowest BCUT2D eigenvalue weighted by molar-refractivity contribution is -0.137. The van der Waals surface area contributed by atoms with Crippen molar-refractivity contribution in [3.05, 3.63) is 0 Å². The molecule has 0 rings (SSSR count). The minimum atomic E-state index is -0.720. The molecule has 14 heavy (non-hydrogen) atoms. The van der Waals surface area contributed by atoms with E-state index in [0.29, 0.717) is 0 Å². The fraction of sp³-hybridized carbons (Fsp3) is 0.900. The van der Waals surface area contributed by atoms with E-state index < -0.39 is 5.97 Å². The second kappa shape index (κ2) is 6.79. The predicted octanol–water partition coefficient (Wildman–Crippen LogP) is 1.26. The van der Waals surface area contributed by atoms with Crippen LogP contribution in [0.5, 0.6) is 0 Å². The summed E-state index contributed by atoms with van der Waals surface area (Å²) in [6.45, 7) is 5.66. The monoisotopic (exact) mass is 203 g/mol. The molecule has 0 saturated carbocycles. The van der Waals surface area contributed by atoms with Gasteiger partial charge in [0.15, 0.2) is 0 Å². The maximum absolute atomic E-state index is 10.2. The topological polar surface area (TPSA) is 58.6 Å². The summed E-state index contributed by atoms with van der Waals surface area (Å²) in [5.74, 6) is -0.720. The summed E-state index contributed by atoms with van der Waals surface area (Å²) < 4.78 is 5.23. The quantitative estimate of drug-likeness (QED) is 0.583. The zero-order valence-electron chi connectivity index (χ0n) is 9.30. The van der Waals surface area contributed by atoms with Crippen LogP contribution in [0.15, 0.2) is 0 Å². The molecule has 0 bridgehead atoms. The minimum absolute atomic E-state index is 0.146. The first-order chi connectivity index (χ1) is 6.48. The highest BCUT2D eigenvalue weighted by Crippen LogP contribution is 2.04. The number of carbonyl (C=O) groups is 1. The van der Waals surface area contributed by atoms with Gasteiger partial charge >= 0.3 is 5.97 Å². The predicted molar refractivity (Wildman–Crippen MR) is 55.4 cm³/mol. The lowest BCUT2D eigenvalue weighted by Crippen LogP contribution is -2.37. The Morgan fingerprint density at radius 2 is 2.07 bits per heavy atom. The summed E-state index contributed by atoms with van der Waals surface area (Å²) in [6, 6.07) is 0. The maximum Gasteiger partial charge on any atom is 0.303 e. The molecule has 0 aliphatic rings. The smallest absolute Gasteiger partial charge is 0.303 e. The van der Waals surface area contributed by atoms with E-state index >= 15 is 0 Å². The van der Waals surface area contributed by atoms with Crippen LogP contribution < -0.4 is 5.32 Å². The van der Waals surface area contributed by atoms with Crippen LogP contribution in [0.3, 0.4) is 0 Å². The highest BCUT2D eigenvalue weighted by molar-refractivity contribution is 5.66. The Kier molecular flexibility index (Phi) is 6.49. The van der Waals surface area contributed by atoms with Gasteiger partial charge < -0.3 is 15.2 Å². The van der Waals surface area contributed by atoms with Gasteiger partial charge in [0.1, 0.15) is 0 Å². The molecule has 0 saturated heterocycles. The van der Waals surface area contributed by atoms with E-state index in [-0.39, 0.29) is 12.0 Å². The summed E-state index contributed by atoms with van der Waals surface area (Å²) in [4.78, 5) is 10.2. The van der Waals surface area contributed by atoms with E-state index in [2.05, 4.69) is 5.32 Å². The molecule has 0 aliphatic carbocycles. The molecule has 2 N–H and O–H groups in total. The van der Waals surface area contributed by atoms with Crippen LogP contribution >= 0.6 is 0 Å². The summed E-state index contributed by atoms with van der Waals surface area (Å²) in [5.41, 5.74) is -0.146. The van der Waals surface area contributed by atoms with Crippen LogP contribution in [0.1, 0.15) is 33.1 Å². The number of unbranched alkanes of at least 4 members (excludes halogenated alkanes) is 1. The van der Waals surface area contributed by atoms with E-state index in [0.717, 1.165) is 25.9 Å². The first kappa shape index (κ1) is 13.4. The largest absolute Gasteiger partial charge is 0.481 e. The van der Waals surface area contributed by atoms with E-state index in [4.69, 9.17) is 9.84 Å². The van der Waals surface area contributed by atoms with Crippen LogP contribution in [0, 0.1) is 0 Å². The fourth-order valence-electron chi connectivity index (χ4n) is 0.988. The molecule has 0 unspecified atom stereocenters. The van der Waals surface area contributed by atoms with Gasteiger partial charge in [-0.1, -0.05) is 0 Å². The van der Waals surface area contributed by atoms with Crippen LogP contribution in [-0.2, 0) is 9.53 Å². The highest BCUT2D eigenvalue weighted by Gasteiger charge is 2.14. The Hall–Kier alpha value is -0.610. The maximum atomic E-state index is 10.2. The molecule has 0 spiro atoms. The lowest BCUT2D eigenvalue weighted by atomic mass is 10.1. The molecule has 0 aromatic rings. The molecular formula is C10H21NO3. The van der Waals surface area contributed by atoms with Crippen molar-refractivity contribution in [3.8, 4) is 0 Å². The number of methoxy groups -OCH3 is 1. The van der Waals surface area contributed by atoms with Crippen LogP contribution in [0.2, 0.25) is 0 Å². The molecule has 84 valence electrons. The molecule has 0 radical (unpaired) electrons. The van der Waals surface area contributed by atoms with Crippen molar-refractivity contribution in [2.75, 3.05) is 20.2 Å².